The number of piperazine rings is 1. The van der Waals surface area contributed by atoms with Gasteiger partial charge in [0.25, 0.3) is 5.91 Å². The monoisotopic (exact) mass is 485 g/mol. The van der Waals surface area contributed by atoms with Gasteiger partial charge in [-0.15, -0.1) is 0 Å². The Morgan fingerprint density at radius 3 is 2.11 bits per heavy atom. The third-order valence-corrected chi connectivity index (χ3v) is 5.41. The maximum absolute atomic E-state index is 12.3. The summed E-state index contributed by atoms with van der Waals surface area (Å²) in [6, 6.07) is 17.9. The molecule has 4 rings (SSSR count). The Bertz CT molecular complexity index is 923. The zero-order valence-corrected chi connectivity index (χ0v) is 17.4. The fraction of sp³-hybridized carbons (Fsp3) is 0.190. The third-order valence-electron chi connectivity index (χ3n) is 4.69. The molecule has 2 aromatic carbocycles. The number of nitrogens with zero attached hydrogens (tertiary/aromatic N) is 4. The first kappa shape index (κ1) is 18.7. The number of nitrogens with one attached hydrogen (secondary N) is 1. The molecule has 0 aliphatic carbocycles. The number of benzene rings is 2. The van der Waals surface area contributed by atoms with Gasteiger partial charge in [-0.05, 0) is 59.0 Å². The van der Waals surface area contributed by atoms with Gasteiger partial charge in [0, 0.05) is 41.0 Å². The van der Waals surface area contributed by atoms with Crippen LogP contribution in [0.3, 0.4) is 0 Å². The molecule has 3 aromatic rings. The van der Waals surface area contributed by atoms with Crippen LogP contribution in [-0.2, 0) is 0 Å². The number of carbonyl (C=O) groups is 1. The topological polar surface area (TPSA) is 61.4 Å². The van der Waals surface area contributed by atoms with E-state index in [4.69, 9.17) is 0 Å². The Morgan fingerprint density at radius 1 is 0.857 bits per heavy atom. The SMILES string of the molecule is O=C(Nc1cnc(N2CCN(c3ccccc3)CC2)nc1)c1ccc(I)cc1. The van der Waals surface area contributed by atoms with E-state index in [-0.39, 0.29) is 5.91 Å². The smallest absolute Gasteiger partial charge is 0.255 e. The van der Waals surface area contributed by atoms with Gasteiger partial charge in [0.2, 0.25) is 5.95 Å². The van der Waals surface area contributed by atoms with Crippen LogP contribution < -0.4 is 15.1 Å². The highest BCUT2D eigenvalue weighted by Crippen LogP contribution is 2.18. The van der Waals surface area contributed by atoms with Gasteiger partial charge in [-0.3, -0.25) is 4.79 Å². The summed E-state index contributed by atoms with van der Waals surface area (Å²) in [5, 5.41) is 2.84. The van der Waals surface area contributed by atoms with E-state index in [1.165, 1.54) is 5.69 Å². The lowest BCUT2D eigenvalue weighted by molar-refractivity contribution is 0.102. The molecule has 0 radical (unpaired) electrons. The van der Waals surface area contributed by atoms with Crippen LogP contribution in [0.2, 0.25) is 0 Å². The minimum absolute atomic E-state index is 0.163. The van der Waals surface area contributed by atoms with E-state index < -0.39 is 0 Å². The first-order valence-electron chi connectivity index (χ1n) is 9.13. The molecular weight excluding hydrogens is 465 g/mol. The summed E-state index contributed by atoms with van der Waals surface area (Å²) in [5.74, 6) is 0.532. The lowest BCUT2D eigenvalue weighted by atomic mass is 10.2. The van der Waals surface area contributed by atoms with Gasteiger partial charge in [-0.1, -0.05) is 18.2 Å². The average Bonchev–Trinajstić information content (AvgIpc) is 2.75. The number of halogens is 1. The van der Waals surface area contributed by atoms with Crippen molar-refractivity contribution in [3.05, 3.63) is 76.1 Å². The largest absolute Gasteiger partial charge is 0.368 e. The molecule has 1 aromatic heterocycles. The average molecular weight is 485 g/mol. The fourth-order valence-corrected chi connectivity index (χ4v) is 3.52. The predicted molar refractivity (Wildman–Crippen MR) is 120 cm³/mol. The highest BCUT2D eigenvalue weighted by Gasteiger charge is 2.19. The van der Waals surface area contributed by atoms with Crippen LogP contribution >= 0.6 is 22.6 Å². The Kier molecular flexibility index (Phi) is 5.70. The van der Waals surface area contributed by atoms with E-state index in [0.29, 0.717) is 17.2 Å². The quantitative estimate of drug-likeness (QED) is 0.572. The van der Waals surface area contributed by atoms with E-state index in [2.05, 4.69) is 71.9 Å². The van der Waals surface area contributed by atoms with Crippen molar-refractivity contribution in [2.45, 2.75) is 0 Å². The zero-order chi connectivity index (χ0) is 19.3. The van der Waals surface area contributed by atoms with Crippen molar-refractivity contribution in [3.8, 4) is 0 Å². The number of anilines is 3. The Balaban J connectivity index is 1.35. The molecule has 1 aliphatic rings. The van der Waals surface area contributed by atoms with Gasteiger partial charge in [-0.25, -0.2) is 9.97 Å². The molecule has 1 aliphatic heterocycles. The first-order valence-corrected chi connectivity index (χ1v) is 10.2. The van der Waals surface area contributed by atoms with Gasteiger partial charge in [0.05, 0.1) is 18.1 Å². The molecule has 0 spiro atoms. The van der Waals surface area contributed by atoms with E-state index in [1.807, 2.05) is 18.2 Å². The number of hydrogen-bond donors (Lipinski definition) is 1. The summed E-state index contributed by atoms with van der Waals surface area (Å²) in [6.07, 6.45) is 3.33. The van der Waals surface area contributed by atoms with Crippen LogP contribution in [0.4, 0.5) is 17.3 Å². The third kappa shape index (κ3) is 4.41. The van der Waals surface area contributed by atoms with Crippen LogP contribution in [-0.4, -0.2) is 42.1 Å². The van der Waals surface area contributed by atoms with Crippen molar-refractivity contribution in [2.24, 2.45) is 0 Å². The van der Waals surface area contributed by atoms with Gasteiger partial charge >= 0.3 is 0 Å². The molecule has 1 N–H and O–H groups in total. The number of rotatable bonds is 4. The molecule has 1 fully saturated rings. The number of aromatic nitrogens is 2. The maximum Gasteiger partial charge on any atom is 0.255 e. The summed E-state index contributed by atoms with van der Waals surface area (Å²) in [6.45, 7) is 3.59. The number of carbonyl (C=O) groups excluding carboxylic acids is 1. The van der Waals surface area contributed by atoms with Gasteiger partial charge in [-0.2, -0.15) is 0 Å². The molecule has 0 saturated carbocycles. The molecule has 0 bridgehead atoms. The van der Waals surface area contributed by atoms with Crippen molar-refractivity contribution in [1.29, 1.82) is 0 Å². The standard InChI is InChI=1S/C21H20IN5O/c22-17-8-6-16(7-9-17)20(28)25-18-14-23-21(24-15-18)27-12-10-26(11-13-27)19-4-2-1-3-5-19/h1-9,14-15H,10-13H2,(H,25,28). The van der Waals surface area contributed by atoms with E-state index >= 15 is 0 Å². The second-order valence-electron chi connectivity index (χ2n) is 6.54. The summed E-state index contributed by atoms with van der Waals surface area (Å²) < 4.78 is 1.09. The first-order chi connectivity index (χ1) is 13.7. The van der Waals surface area contributed by atoms with E-state index in [9.17, 15) is 4.79 Å². The summed E-state index contributed by atoms with van der Waals surface area (Å²) in [5.41, 5.74) is 2.45. The van der Waals surface area contributed by atoms with Gasteiger partial charge in [0.1, 0.15) is 0 Å². The molecule has 1 saturated heterocycles. The van der Waals surface area contributed by atoms with Crippen molar-refractivity contribution in [1.82, 2.24) is 9.97 Å². The molecule has 7 heteroatoms. The maximum atomic E-state index is 12.3. The van der Waals surface area contributed by atoms with Crippen LogP contribution in [0.1, 0.15) is 10.4 Å². The second kappa shape index (κ2) is 8.55. The normalized spacial score (nSPS) is 14.0. The van der Waals surface area contributed by atoms with Crippen LogP contribution in [0.25, 0.3) is 0 Å². The molecule has 0 unspecified atom stereocenters. The Morgan fingerprint density at radius 2 is 1.46 bits per heavy atom. The lowest BCUT2D eigenvalue weighted by Gasteiger charge is -2.36. The molecule has 2 heterocycles. The number of para-hydroxylation sites is 1. The molecule has 0 atom stereocenters. The highest BCUT2D eigenvalue weighted by atomic mass is 127. The second-order valence-corrected chi connectivity index (χ2v) is 7.79. The fourth-order valence-electron chi connectivity index (χ4n) is 3.16. The summed E-state index contributed by atoms with van der Waals surface area (Å²) in [7, 11) is 0. The van der Waals surface area contributed by atoms with Gasteiger partial charge in [0.15, 0.2) is 0 Å². The molecule has 142 valence electrons. The minimum atomic E-state index is -0.163. The number of amides is 1. The summed E-state index contributed by atoms with van der Waals surface area (Å²) >= 11 is 2.21. The molecular formula is C21H20IN5O. The van der Waals surface area contributed by atoms with Crippen molar-refractivity contribution >= 4 is 45.8 Å². The predicted octanol–water partition coefficient (Wildman–Crippen LogP) is 3.66. The highest BCUT2D eigenvalue weighted by molar-refractivity contribution is 14.1. The summed E-state index contributed by atoms with van der Waals surface area (Å²) in [4.78, 5) is 25.7. The minimum Gasteiger partial charge on any atom is -0.368 e. The van der Waals surface area contributed by atoms with E-state index in [1.54, 1.807) is 24.5 Å². The Hall–Kier alpha value is -2.68. The van der Waals surface area contributed by atoms with Crippen molar-refractivity contribution in [2.75, 3.05) is 41.3 Å². The molecule has 6 nitrogen and oxygen atoms in total. The molecule has 1 amide bonds. The van der Waals surface area contributed by atoms with Gasteiger partial charge < -0.3 is 15.1 Å². The van der Waals surface area contributed by atoms with Crippen molar-refractivity contribution in [3.63, 3.8) is 0 Å². The van der Waals surface area contributed by atoms with Crippen molar-refractivity contribution < 1.29 is 4.79 Å². The van der Waals surface area contributed by atoms with E-state index in [0.717, 1.165) is 29.7 Å². The van der Waals surface area contributed by atoms with Crippen LogP contribution in [0.5, 0.6) is 0 Å². The lowest BCUT2D eigenvalue weighted by Crippen LogP contribution is -2.47. The molecule has 28 heavy (non-hydrogen) atoms. The number of hydrogen-bond acceptors (Lipinski definition) is 5. The zero-order valence-electron chi connectivity index (χ0n) is 15.3. The van der Waals surface area contributed by atoms with Crippen LogP contribution in [0, 0.1) is 3.57 Å². The van der Waals surface area contributed by atoms with Crippen LogP contribution in [0.15, 0.2) is 67.0 Å². The Labute approximate surface area is 177 Å².